The molecule has 1 amide bonds. The lowest BCUT2D eigenvalue weighted by atomic mass is 9.99. The molecule has 2 fully saturated rings. The molecule has 2 saturated heterocycles. The van der Waals surface area contributed by atoms with Crippen LogP contribution < -0.4 is 10.6 Å². The van der Waals surface area contributed by atoms with Gasteiger partial charge in [0.1, 0.15) is 0 Å². The van der Waals surface area contributed by atoms with Gasteiger partial charge in [-0.1, -0.05) is 30.3 Å². The summed E-state index contributed by atoms with van der Waals surface area (Å²) in [4.78, 5) is 14.5. The zero-order valence-electron chi connectivity index (χ0n) is 12.0. The average molecular weight is 273 g/mol. The monoisotopic (exact) mass is 273 g/mol. The summed E-state index contributed by atoms with van der Waals surface area (Å²) in [5.41, 5.74) is 1.35. The molecule has 108 valence electrons. The van der Waals surface area contributed by atoms with Crippen molar-refractivity contribution < 1.29 is 4.79 Å². The SMILES string of the molecule is CC1CNC(C(=O)N2CCC(c3ccccc3)C2)CN1. The van der Waals surface area contributed by atoms with Crippen LogP contribution >= 0.6 is 0 Å². The van der Waals surface area contributed by atoms with E-state index in [0.717, 1.165) is 32.6 Å². The normalized spacial score (nSPS) is 30.4. The van der Waals surface area contributed by atoms with E-state index < -0.39 is 0 Å². The lowest BCUT2D eigenvalue weighted by Gasteiger charge is -2.31. The summed E-state index contributed by atoms with van der Waals surface area (Å²) in [6.07, 6.45) is 1.08. The predicted molar refractivity (Wildman–Crippen MR) is 79.6 cm³/mol. The third-order valence-corrected chi connectivity index (χ3v) is 4.41. The summed E-state index contributed by atoms with van der Waals surface area (Å²) in [5, 5.41) is 6.72. The van der Waals surface area contributed by atoms with Crippen molar-refractivity contribution in [3.05, 3.63) is 35.9 Å². The Labute approximate surface area is 120 Å². The number of rotatable bonds is 2. The van der Waals surface area contributed by atoms with Crippen molar-refractivity contribution >= 4 is 5.91 Å². The van der Waals surface area contributed by atoms with Gasteiger partial charge in [-0.05, 0) is 18.9 Å². The highest BCUT2D eigenvalue weighted by Gasteiger charge is 2.32. The van der Waals surface area contributed by atoms with Crippen LogP contribution in [0.3, 0.4) is 0 Å². The lowest BCUT2D eigenvalue weighted by molar-refractivity contribution is -0.132. The number of nitrogens with zero attached hydrogens (tertiary/aromatic N) is 1. The summed E-state index contributed by atoms with van der Waals surface area (Å²) in [6, 6.07) is 10.9. The molecular weight excluding hydrogens is 250 g/mol. The number of likely N-dealkylation sites (tertiary alicyclic amines) is 1. The van der Waals surface area contributed by atoms with Crippen molar-refractivity contribution in [2.24, 2.45) is 0 Å². The smallest absolute Gasteiger partial charge is 0.241 e. The minimum absolute atomic E-state index is 0.0549. The van der Waals surface area contributed by atoms with Gasteiger partial charge >= 0.3 is 0 Å². The van der Waals surface area contributed by atoms with E-state index in [2.05, 4.69) is 41.8 Å². The Morgan fingerprint density at radius 2 is 2.00 bits per heavy atom. The molecule has 2 heterocycles. The second kappa shape index (κ2) is 5.94. The van der Waals surface area contributed by atoms with Crippen LogP contribution in [0.4, 0.5) is 0 Å². The fraction of sp³-hybridized carbons (Fsp3) is 0.562. The van der Waals surface area contributed by atoms with Gasteiger partial charge in [0.2, 0.25) is 5.91 Å². The molecule has 20 heavy (non-hydrogen) atoms. The molecule has 0 radical (unpaired) electrons. The van der Waals surface area contributed by atoms with Crippen LogP contribution in [0.25, 0.3) is 0 Å². The number of carbonyl (C=O) groups excluding carboxylic acids is 1. The largest absolute Gasteiger partial charge is 0.341 e. The molecule has 2 N–H and O–H groups in total. The Morgan fingerprint density at radius 1 is 1.20 bits per heavy atom. The first-order valence-electron chi connectivity index (χ1n) is 7.54. The van der Waals surface area contributed by atoms with Crippen molar-refractivity contribution in [3.8, 4) is 0 Å². The number of hydrogen-bond donors (Lipinski definition) is 2. The van der Waals surface area contributed by atoms with Gasteiger partial charge in [-0.15, -0.1) is 0 Å². The van der Waals surface area contributed by atoms with Gasteiger partial charge in [0.25, 0.3) is 0 Å². The van der Waals surface area contributed by atoms with Crippen molar-refractivity contribution in [2.45, 2.75) is 31.3 Å². The molecule has 0 saturated carbocycles. The average Bonchev–Trinajstić information content (AvgIpc) is 2.98. The molecule has 3 unspecified atom stereocenters. The first kappa shape index (κ1) is 13.6. The van der Waals surface area contributed by atoms with E-state index in [-0.39, 0.29) is 11.9 Å². The number of amides is 1. The fourth-order valence-electron chi connectivity index (χ4n) is 3.14. The van der Waals surface area contributed by atoms with E-state index in [9.17, 15) is 4.79 Å². The first-order valence-corrected chi connectivity index (χ1v) is 7.54. The zero-order valence-corrected chi connectivity index (χ0v) is 12.0. The molecule has 0 aromatic heterocycles. The summed E-state index contributed by atoms with van der Waals surface area (Å²) in [5.74, 6) is 0.749. The van der Waals surface area contributed by atoms with E-state index in [1.807, 2.05) is 11.0 Å². The van der Waals surface area contributed by atoms with E-state index >= 15 is 0 Å². The summed E-state index contributed by atoms with van der Waals surface area (Å²) in [7, 11) is 0. The highest BCUT2D eigenvalue weighted by molar-refractivity contribution is 5.82. The van der Waals surface area contributed by atoms with Gasteiger partial charge in [-0.2, -0.15) is 0 Å². The van der Waals surface area contributed by atoms with E-state index in [1.54, 1.807) is 0 Å². The molecule has 3 atom stereocenters. The maximum absolute atomic E-state index is 12.5. The highest BCUT2D eigenvalue weighted by Crippen LogP contribution is 2.27. The minimum Gasteiger partial charge on any atom is -0.341 e. The molecule has 4 heteroatoms. The molecule has 0 bridgehead atoms. The molecule has 2 aliphatic rings. The van der Waals surface area contributed by atoms with Crippen molar-refractivity contribution in [2.75, 3.05) is 26.2 Å². The molecule has 0 aliphatic carbocycles. The van der Waals surface area contributed by atoms with Gasteiger partial charge in [0.15, 0.2) is 0 Å². The Balaban J connectivity index is 1.58. The topological polar surface area (TPSA) is 44.4 Å². The van der Waals surface area contributed by atoms with Crippen LogP contribution in [-0.4, -0.2) is 49.1 Å². The minimum atomic E-state index is -0.0549. The molecule has 4 nitrogen and oxygen atoms in total. The number of nitrogens with one attached hydrogen (secondary N) is 2. The Morgan fingerprint density at radius 3 is 2.70 bits per heavy atom. The van der Waals surface area contributed by atoms with Crippen LogP contribution in [-0.2, 0) is 4.79 Å². The fourth-order valence-corrected chi connectivity index (χ4v) is 3.14. The van der Waals surface area contributed by atoms with Crippen molar-refractivity contribution in [1.82, 2.24) is 15.5 Å². The van der Waals surface area contributed by atoms with Crippen LogP contribution in [0.15, 0.2) is 30.3 Å². The van der Waals surface area contributed by atoms with Crippen LogP contribution in [0.1, 0.15) is 24.8 Å². The number of benzene rings is 1. The standard InChI is InChI=1S/C16H23N3O/c1-12-9-18-15(10-17-12)16(20)19-8-7-14(11-19)13-5-3-2-4-6-13/h2-6,12,14-15,17-18H,7-11H2,1H3. The highest BCUT2D eigenvalue weighted by atomic mass is 16.2. The molecular formula is C16H23N3O. The molecule has 1 aromatic carbocycles. The van der Waals surface area contributed by atoms with Gasteiger partial charge in [0, 0.05) is 38.1 Å². The maximum atomic E-state index is 12.5. The van der Waals surface area contributed by atoms with Crippen LogP contribution in [0, 0.1) is 0 Å². The van der Waals surface area contributed by atoms with Crippen LogP contribution in [0.5, 0.6) is 0 Å². The van der Waals surface area contributed by atoms with E-state index in [4.69, 9.17) is 0 Å². The quantitative estimate of drug-likeness (QED) is 0.843. The third-order valence-electron chi connectivity index (χ3n) is 4.41. The Bertz CT molecular complexity index is 454. The molecule has 0 spiro atoms. The van der Waals surface area contributed by atoms with Crippen molar-refractivity contribution in [3.63, 3.8) is 0 Å². The Kier molecular flexibility index (Phi) is 4.03. The van der Waals surface area contributed by atoms with Crippen LogP contribution in [0.2, 0.25) is 0 Å². The molecule has 2 aliphatic heterocycles. The maximum Gasteiger partial charge on any atom is 0.241 e. The zero-order chi connectivity index (χ0) is 13.9. The third kappa shape index (κ3) is 2.86. The second-order valence-electron chi connectivity index (χ2n) is 5.95. The van der Waals surface area contributed by atoms with Gasteiger partial charge in [-0.3, -0.25) is 4.79 Å². The van der Waals surface area contributed by atoms with E-state index in [0.29, 0.717) is 12.0 Å². The summed E-state index contributed by atoms with van der Waals surface area (Å²) < 4.78 is 0. The van der Waals surface area contributed by atoms with Gasteiger partial charge in [-0.25, -0.2) is 0 Å². The summed E-state index contributed by atoms with van der Waals surface area (Å²) in [6.45, 7) is 5.48. The van der Waals surface area contributed by atoms with Crippen molar-refractivity contribution in [1.29, 1.82) is 0 Å². The summed E-state index contributed by atoms with van der Waals surface area (Å²) >= 11 is 0. The molecule has 1 aromatic rings. The first-order chi connectivity index (χ1) is 9.74. The number of hydrogen-bond acceptors (Lipinski definition) is 3. The van der Waals surface area contributed by atoms with Gasteiger partial charge < -0.3 is 15.5 Å². The molecule has 3 rings (SSSR count). The number of piperazine rings is 1. The lowest BCUT2D eigenvalue weighted by Crippen LogP contribution is -2.59. The predicted octanol–water partition coefficient (Wildman–Crippen LogP) is 0.952. The Hall–Kier alpha value is -1.39. The van der Waals surface area contributed by atoms with E-state index in [1.165, 1.54) is 5.56 Å². The second-order valence-corrected chi connectivity index (χ2v) is 5.95. The number of carbonyl (C=O) groups is 1. The van der Waals surface area contributed by atoms with Gasteiger partial charge in [0.05, 0.1) is 6.04 Å².